The molecule has 3 atom stereocenters. The number of nitrogens with zero attached hydrogens (tertiary/aromatic N) is 1. The van der Waals surface area contributed by atoms with Crippen LogP contribution in [-0.2, 0) is 9.53 Å². The number of amides is 1. The molecular weight excluding hydrogens is 228 g/mol. The lowest BCUT2D eigenvalue weighted by Crippen LogP contribution is -2.35. The molecular formula is C14H26N2O2. The largest absolute Gasteiger partial charge is 0.372 e. The van der Waals surface area contributed by atoms with Crippen molar-refractivity contribution in [3.63, 3.8) is 0 Å². The van der Waals surface area contributed by atoms with E-state index in [2.05, 4.69) is 6.92 Å². The number of hydrogen-bond acceptors (Lipinski definition) is 3. The molecule has 3 unspecified atom stereocenters. The summed E-state index contributed by atoms with van der Waals surface area (Å²) in [5, 5.41) is 0. The van der Waals surface area contributed by atoms with Crippen LogP contribution in [0, 0.1) is 11.8 Å². The van der Waals surface area contributed by atoms with Crippen molar-refractivity contribution in [2.24, 2.45) is 17.6 Å². The van der Waals surface area contributed by atoms with Gasteiger partial charge in [-0.05, 0) is 31.1 Å². The molecule has 2 rings (SSSR count). The topological polar surface area (TPSA) is 55.6 Å². The first-order valence-electron chi connectivity index (χ1n) is 7.33. The van der Waals surface area contributed by atoms with Gasteiger partial charge in [-0.3, -0.25) is 4.79 Å². The highest BCUT2D eigenvalue weighted by Gasteiger charge is 2.42. The molecule has 0 radical (unpaired) electrons. The average Bonchev–Trinajstić information content (AvgIpc) is 2.92. The van der Waals surface area contributed by atoms with Crippen LogP contribution in [0.3, 0.4) is 0 Å². The Balaban J connectivity index is 1.65. The summed E-state index contributed by atoms with van der Waals surface area (Å²) in [4.78, 5) is 13.9. The lowest BCUT2D eigenvalue weighted by Gasteiger charge is -2.18. The number of fused-ring (bicyclic) bond motifs is 1. The maximum atomic E-state index is 12.0. The maximum absolute atomic E-state index is 12.0. The third-order valence-electron chi connectivity index (χ3n) is 4.38. The molecule has 0 bridgehead atoms. The second kappa shape index (κ2) is 6.53. The molecule has 4 nitrogen and oxygen atoms in total. The zero-order valence-electron chi connectivity index (χ0n) is 11.4. The van der Waals surface area contributed by atoms with Gasteiger partial charge < -0.3 is 15.4 Å². The Morgan fingerprint density at radius 1 is 1.33 bits per heavy atom. The second-order valence-corrected chi connectivity index (χ2v) is 5.72. The fourth-order valence-corrected chi connectivity index (χ4v) is 3.22. The van der Waals surface area contributed by atoms with Gasteiger partial charge in [-0.1, -0.05) is 19.8 Å². The summed E-state index contributed by atoms with van der Waals surface area (Å²) in [6.45, 7) is 4.87. The Morgan fingerprint density at radius 2 is 2.17 bits per heavy atom. The van der Waals surface area contributed by atoms with Crippen LogP contribution in [0.5, 0.6) is 0 Å². The van der Waals surface area contributed by atoms with Gasteiger partial charge in [0.1, 0.15) is 6.61 Å². The Bertz CT molecular complexity index is 283. The first-order chi connectivity index (χ1) is 8.72. The number of ether oxygens (including phenoxy) is 1. The average molecular weight is 254 g/mol. The Labute approximate surface area is 110 Å². The van der Waals surface area contributed by atoms with E-state index in [0.717, 1.165) is 25.9 Å². The Hall–Kier alpha value is -0.610. The van der Waals surface area contributed by atoms with Crippen molar-refractivity contribution in [3.8, 4) is 0 Å². The summed E-state index contributed by atoms with van der Waals surface area (Å²) in [7, 11) is 0. The van der Waals surface area contributed by atoms with Crippen molar-refractivity contribution in [2.75, 3.05) is 26.3 Å². The molecule has 104 valence electrons. The van der Waals surface area contributed by atoms with Crippen LogP contribution in [0.2, 0.25) is 0 Å². The molecule has 0 spiro atoms. The van der Waals surface area contributed by atoms with Crippen molar-refractivity contribution < 1.29 is 9.53 Å². The van der Waals surface area contributed by atoms with Gasteiger partial charge in [0.25, 0.3) is 0 Å². The Morgan fingerprint density at radius 3 is 2.89 bits per heavy atom. The molecule has 2 fully saturated rings. The van der Waals surface area contributed by atoms with E-state index in [1.54, 1.807) is 0 Å². The molecule has 1 saturated carbocycles. The van der Waals surface area contributed by atoms with E-state index >= 15 is 0 Å². The van der Waals surface area contributed by atoms with Crippen LogP contribution >= 0.6 is 0 Å². The van der Waals surface area contributed by atoms with Crippen molar-refractivity contribution in [3.05, 3.63) is 0 Å². The summed E-state index contributed by atoms with van der Waals surface area (Å²) in [5.41, 5.74) is 6.07. The van der Waals surface area contributed by atoms with E-state index < -0.39 is 0 Å². The molecule has 0 aromatic heterocycles. The molecule has 18 heavy (non-hydrogen) atoms. The van der Waals surface area contributed by atoms with Gasteiger partial charge in [-0.25, -0.2) is 0 Å². The number of rotatable bonds is 6. The summed E-state index contributed by atoms with van der Waals surface area (Å²) < 4.78 is 5.44. The first kappa shape index (κ1) is 13.8. The summed E-state index contributed by atoms with van der Waals surface area (Å²) in [6.07, 6.45) is 5.74. The number of likely N-dealkylation sites (tertiary alicyclic amines) is 1. The number of carbonyl (C=O) groups is 1. The minimum atomic E-state index is 0.146. The molecule has 1 saturated heterocycles. The standard InChI is InChI=1S/C14H26N2O2/c1-2-3-4-7-18-10-14(17)16-8-11-5-6-13(15)12(11)9-16/h11-13H,2-10,15H2,1H3. The normalized spacial score (nSPS) is 30.8. The Kier molecular flexibility index (Phi) is 5.01. The molecule has 1 amide bonds. The first-order valence-corrected chi connectivity index (χ1v) is 7.33. The predicted octanol–water partition coefficient (Wildman–Crippen LogP) is 1.39. The molecule has 1 aliphatic carbocycles. The van der Waals surface area contributed by atoms with Gasteiger partial charge in [0.15, 0.2) is 0 Å². The fraction of sp³-hybridized carbons (Fsp3) is 0.929. The molecule has 1 aliphatic heterocycles. The predicted molar refractivity (Wildman–Crippen MR) is 71.1 cm³/mol. The minimum Gasteiger partial charge on any atom is -0.372 e. The molecule has 2 aliphatic rings. The summed E-state index contributed by atoms with van der Waals surface area (Å²) in [5.74, 6) is 1.33. The van der Waals surface area contributed by atoms with Crippen molar-refractivity contribution in [1.29, 1.82) is 0 Å². The third-order valence-corrected chi connectivity index (χ3v) is 4.38. The van der Waals surface area contributed by atoms with Gasteiger partial charge >= 0.3 is 0 Å². The number of carbonyl (C=O) groups excluding carboxylic acids is 1. The molecule has 4 heteroatoms. The molecule has 1 heterocycles. The van der Waals surface area contributed by atoms with E-state index in [1.165, 1.54) is 19.3 Å². The van der Waals surface area contributed by atoms with Crippen LogP contribution in [-0.4, -0.2) is 43.2 Å². The van der Waals surface area contributed by atoms with Crippen molar-refractivity contribution in [2.45, 2.75) is 45.1 Å². The van der Waals surface area contributed by atoms with Gasteiger partial charge in [0, 0.05) is 25.7 Å². The van der Waals surface area contributed by atoms with E-state index in [1.807, 2.05) is 4.90 Å². The van der Waals surface area contributed by atoms with Gasteiger partial charge in [-0.15, -0.1) is 0 Å². The van der Waals surface area contributed by atoms with Crippen molar-refractivity contribution >= 4 is 5.91 Å². The van der Waals surface area contributed by atoms with E-state index in [0.29, 0.717) is 24.5 Å². The minimum absolute atomic E-state index is 0.146. The van der Waals surface area contributed by atoms with E-state index in [9.17, 15) is 4.79 Å². The fourth-order valence-electron chi connectivity index (χ4n) is 3.22. The van der Waals surface area contributed by atoms with Gasteiger partial charge in [0.2, 0.25) is 5.91 Å². The SMILES string of the molecule is CCCCCOCC(=O)N1CC2CCC(N)C2C1. The monoisotopic (exact) mass is 254 g/mol. The number of nitrogens with two attached hydrogens (primary N) is 1. The van der Waals surface area contributed by atoms with Crippen LogP contribution in [0.25, 0.3) is 0 Å². The highest BCUT2D eigenvalue weighted by Crippen LogP contribution is 2.36. The second-order valence-electron chi connectivity index (χ2n) is 5.72. The zero-order valence-corrected chi connectivity index (χ0v) is 11.4. The quantitative estimate of drug-likeness (QED) is 0.729. The van der Waals surface area contributed by atoms with E-state index in [4.69, 9.17) is 10.5 Å². The summed E-state index contributed by atoms with van der Waals surface area (Å²) >= 11 is 0. The van der Waals surface area contributed by atoms with Crippen LogP contribution < -0.4 is 5.73 Å². The maximum Gasteiger partial charge on any atom is 0.248 e. The molecule has 0 aromatic rings. The van der Waals surface area contributed by atoms with Crippen LogP contribution in [0.15, 0.2) is 0 Å². The highest BCUT2D eigenvalue weighted by molar-refractivity contribution is 5.77. The zero-order chi connectivity index (χ0) is 13.0. The molecule has 0 aromatic carbocycles. The third kappa shape index (κ3) is 3.23. The van der Waals surface area contributed by atoms with Crippen LogP contribution in [0.4, 0.5) is 0 Å². The lowest BCUT2D eigenvalue weighted by atomic mass is 9.98. The van der Waals surface area contributed by atoms with Crippen LogP contribution in [0.1, 0.15) is 39.0 Å². The number of hydrogen-bond donors (Lipinski definition) is 1. The lowest BCUT2D eigenvalue weighted by molar-refractivity contribution is -0.135. The highest BCUT2D eigenvalue weighted by atomic mass is 16.5. The van der Waals surface area contributed by atoms with Gasteiger partial charge in [0.05, 0.1) is 0 Å². The summed E-state index contributed by atoms with van der Waals surface area (Å²) in [6, 6.07) is 0.304. The van der Waals surface area contributed by atoms with Crippen molar-refractivity contribution in [1.82, 2.24) is 4.90 Å². The van der Waals surface area contributed by atoms with Gasteiger partial charge in [-0.2, -0.15) is 0 Å². The smallest absolute Gasteiger partial charge is 0.248 e. The number of unbranched alkanes of at least 4 members (excludes halogenated alkanes) is 2. The van der Waals surface area contributed by atoms with E-state index in [-0.39, 0.29) is 12.5 Å². The molecule has 2 N–H and O–H groups in total.